The summed E-state index contributed by atoms with van der Waals surface area (Å²) in [5.74, 6) is 0.0217. The summed E-state index contributed by atoms with van der Waals surface area (Å²) >= 11 is 0. The SMILES string of the molecule is O=C(CCOCC1CCCO1)N1CCCc2cc(S(=O)(=O)N3CCCC3)ccc21. The number of amides is 1. The molecule has 7 nitrogen and oxygen atoms in total. The number of nitrogens with zero attached hydrogens (tertiary/aromatic N) is 2. The summed E-state index contributed by atoms with van der Waals surface area (Å²) in [7, 11) is -3.44. The summed E-state index contributed by atoms with van der Waals surface area (Å²) in [5, 5.41) is 0. The van der Waals surface area contributed by atoms with Crippen molar-refractivity contribution in [3.8, 4) is 0 Å². The maximum atomic E-state index is 12.8. The second-order valence-corrected chi connectivity index (χ2v) is 9.95. The third kappa shape index (κ3) is 4.66. The first-order valence-corrected chi connectivity index (χ1v) is 12.1. The molecule has 0 spiro atoms. The van der Waals surface area contributed by atoms with Crippen molar-refractivity contribution in [2.24, 2.45) is 0 Å². The third-order valence-electron chi connectivity index (χ3n) is 5.96. The van der Waals surface area contributed by atoms with Crippen molar-refractivity contribution in [3.63, 3.8) is 0 Å². The first-order valence-electron chi connectivity index (χ1n) is 10.7. The van der Waals surface area contributed by atoms with Crippen LogP contribution in [0, 0.1) is 0 Å². The van der Waals surface area contributed by atoms with E-state index in [0.29, 0.717) is 44.2 Å². The van der Waals surface area contributed by atoms with Gasteiger partial charge >= 0.3 is 0 Å². The fraction of sp³-hybridized carbons (Fsp3) is 0.667. The first-order chi connectivity index (χ1) is 14.1. The van der Waals surface area contributed by atoms with E-state index < -0.39 is 10.0 Å². The number of carbonyl (C=O) groups is 1. The van der Waals surface area contributed by atoms with Gasteiger partial charge in [-0.05, 0) is 62.3 Å². The fourth-order valence-electron chi connectivity index (χ4n) is 4.36. The Bertz CT molecular complexity index is 829. The van der Waals surface area contributed by atoms with E-state index in [9.17, 15) is 13.2 Å². The lowest BCUT2D eigenvalue weighted by Crippen LogP contribution is -2.36. The normalized spacial score (nSPS) is 22.8. The zero-order valence-electron chi connectivity index (χ0n) is 16.8. The van der Waals surface area contributed by atoms with Crippen LogP contribution in [0.3, 0.4) is 0 Å². The van der Waals surface area contributed by atoms with Crippen molar-refractivity contribution in [2.45, 2.75) is 55.9 Å². The molecule has 0 aromatic heterocycles. The van der Waals surface area contributed by atoms with Gasteiger partial charge in [-0.25, -0.2) is 8.42 Å². The van der Waals surface area contributed by atoms with Crippen LogP contribution in [-0.4, -0.2) is 64.2 Å². The number of hydrogen-bond donors (Lipinski definition) is 0. The number of anilines is 1. The minimum atomic E-state index is -3.44. The van der Waals surface area contributed by atoms with Crippen LogP contribution >= 0.6 is 0 Å². The summed E-state index contributed by atoms with van der Waals surface area (Å²) in [5.41, 5.74) is 1.77. The lowest BCUT2D eigenvalue weighted by atomic mass is 10.0. The van der Waals surface area contributed by atoms with E-state index in [2.05, 4.69) is 0 Å². The molecule has 3 heterocycles. The summed E-state index contributed by atoms with van der Waals surface area (Å²) in [6, 6.07) is 5.20. The highest BCUT2D eigenvalue weighted by atomic mass is 32.2. The van der Waals surface area contributed by atoms with Crippen LogP contribution in [-0.2, 0) is 30.7 Å². The van der Waals surface area contributed by atoms with Gasteiger partial charge in [-0.3, -0.25) is 4.79 Å². The number of rotatable bonds is 7. The molecule has 1 aromatic rings. The van der Waals surface area contributed by atoms with Gasteiger partial charge in [0.15, 0.2) is 0 Å². The van der Waals surface area contributed by atoms with Crippen LogP contribution in [0.2, 0.25) is 0 Å². The predicted octanol–water partition coefficient (Wildman–Crippen LogP) is 2.34. The molecule has 0 N–H and O–H groups in total. The van der Waals surface area contributed by atoms with Gasteiger partial charge in [0.2, 0.25) is 15.9 Å². The van der Waals surface area contributed by atoms with E-state index in [0.717, 1.165) is 56.4 Å². The van der Waals surface area contributed by atoms with Crippen molar-refractivity contribution < 1.29 is 22.7 Å². The minimum absolute atomic E-state index is 0.0217. The monoisotopic (exact) mass is 422 g/mol. The molecular weight excluding hydrogens is 392 g/mol. The van der Waals surface area contributed by atoms with E-state index in [1.807, 2.05) is 0 Å². The van der Waals surface area contributed by atoms with Crippen LogP contribution in [0.5, 0.6) is 0 Å². The maximum absolute atomic E-state index is 12.8. The number of fused-ring (bicyclic) bond motifs is 1. The van der Waals surface area contributed by atoms with Gasteiger partial charge in [0.1, 0.15) is 0 Å². The Kier molecular flexibility index (Phi) is 6.53. The Balaban J connectivity index is 1.39. The fourth-order valence-corrected chi connectivity index (χ4v) is 5.92. The number of aryl methyl sites for hydroxylation is 1. The Labute approximate surface area is 173 Å². The Morgan fingerprint density at radius 1 is 1.14 bits per heavy atom. The molecule has 0 aliphatic carbocycles. The lowest BCUT2D eigenvalue weighted by molar-refractivity contribution is -0.120. The van der Waals surface area contributed by atoms with Crippen LogP contribution in [0.15, 0.2) is 23.1 Å². The van der Waals surface area contributed by atoms with E-state index in [1.165, 1.54) is 0 Å². The summed E-state index contributed by atoms with van der Waals surface area (Å²) in [6.45, 7) is 3.57. The molecule has 160 valence electrons. The van der Waals surface area contributed by atoms with Crippen molar-refractivity contribution in [3.05, 3.63) is 23.8 Å². The Morgan fingerprint density at radius 2 is 1.97 bits per heavy atom. The van der Waals surface area contributed by atoms with Crippen LogP contribution in [0.4, 0.5) is 5.69 Å². The number of ether oxygens (including phenoxy) is 2. The molecule has 2 saturated heterocycles. The van der Waals surface area contributed by atoms with E-state index in [-0.39, 0.29) is 12.0 Å². The summed E-state index contributed by atoms with van der Waals surface area (Å²) in [6.07, 6.45) is 6.05. The number of sulfonamides is 1. The largest absolute Gasteiger partial charge is 0.378 e. The maximum Gasteiger partial charge on any atom is 0.243 e. The Hall–Kier alpha value is -1.48. The van der Waals surface area contributed by atoms with Crippen molar-refractivity contribution in [1.29, 1.82) is 0 Å². The quantitative estimate of drug-likeness (QED) is 0.631. The zero-order chi connectivity index (χ0) is 20.3. The molecule has 3 aliphatic rings. The summed E-state index contributed by atoms with van der Waals surface area (Å²) in [4.78, 5) is 14.9. The van der Waals surface area contributed by atoms with Crippen LogP contribution in [0.25, 0.3) is 0 Å². The average molecular weight is 423 g/mol. The van der Waals surface area contributed by atoms with Gasteiger partial charge in [0.05, 0.1) is 30.6 Å². The Morgan fingerprint density at radius 3 is 2.72 bits per heavy atom. The first kappa shape index (κ1) is 20.8. The van der Waals surface area contributed by atoms with Crippen LogP contribution < -0.4 is 4.90 Å². The van der Waals surface area contributed by atoms with Gasteiger partial charge in [0.25, 0.3) is 0 Å². The van der Waals surface area contributed by atoms with Gasteiger partial charge in [-0.1, -0.05) is 0 Å². The molecule has 0 radical (unpaired) electrons. The smallest absolute Gasteiger partial charge is 0.243 e. The highest BCUT2D eigenvalue weighted by Gasteiger charge is 2.29. The topological polar surface area (TPSA) is 76.1 Å². The zero-order valence-corrected chi connectivity index (χ0v) is 17.7. The van der Waals surface area contributed by atoms with E-state index in [4.69, 9.17) is 9.47 Å². The number of hydrogen-bond acceptors (Lipinski definition) is 5. The molecule has 3 aliphatic heterocycles. The number of benzene rings is 1. The molecule has 4 rings (SSSR count). The average Bonchev–Trinajstić information content (AvgIpc) is 3.44. The molecule has 0 saturated carbocycles. The molecule has 29 heavy (non-hydrogen) atoms. The highest BCUT2D eigenvalue weighted by molar-refractivity contribution is 7.89. The molecule has 0 bridgehead atoms. The molecule has 1 unspecified atom stereocenters. The lowest BCUT2D eigenvalue weighted by Gasteiger charge is -2.30. The predicted molar refractivity (Wildman–Crippen MR) is 110 cm³/mol. The second-order valence-electron chi connectivity index (χ2n) is 8.01. The molecule has 1 amide bonds. The highest BCUT2D eigenvalue weighted by Crippen LogP contribution is 2.31. The van der Waals surface area contributed by atoms with Crippen molar-refractivity contribution in [2.75, 3.05) is 44.4 Å². The number of carbonyl (C=O) groups excluding carboxylic acids is 1. The molecular formula is C21H30N2O5S. The molecule has 2 fully saturated rings. The molecule has 1 aromatic carbocycles. The van der Waals surface area contributed by atoms with Gasteiger partial charge in [-0.15, -0.1) is 0 Å². The second kappa shape index (κ2) is 9.12. The van der Waals surface area contributed by atoms with Crippen molar-refractivity contribution >= 4 is 21.6 Å². The van der Waals surface area contributed by atoms with E-state index >= 15 is 0 Å². The van der Waals surface area contributed by atoms with Gasteiger partial charge in [-0.2, -0.15) is 4.31 Å². The van der Waals surface area contributed by atoms with E-state index in [1.54, 1.807) is 27.4 Å². The minimum Gasteiger partial charge on any atom is -0.378 e. The molecule has 1 atom stereocenters. The standard InChI is InChI=1S/C21H30N2O5S/c24-21(9-14-27-16-18-6-4-13-28-18)23-12-3-5-17-15-19(7-8-20(17)23)29(25,26)22-10-1-2-11-22/h7-8,15,18H,1-6,9-14,16H2. The summed E-state index contributed by atoms with van der Waals surface area (Å²) < 4.78 is 38.4. The van der Waals surface area contributed by atoms with Crippen LogP contribution in [0.1, 0.15) is 44.1 Å². The van der Waals surface area contributed by atoms with Crippen molar-refractivity contribution in [1.82, 2.24) is 4.31 Å². The van der Waals surface area contributed by atoms with Gasteiger partial charge < -0.3 is 14.4 Å². The third-order valence-corrected chi connectivity index (χ3v) is 7.86. The molecule has 8 heteroatoms. The van der Waals surface area contributed by atoms with Gasteiger partial charge in [0, 0.05) is 31.9 Å².